The molecule has 7 nitrogen and oxygen atoms in total. The molecule has 0 aliphatic rings. The fourth-order valence-corrected chi connectivity index (χ4v) is 2.84. The van der Waals surface area contributed by atoms with E-state index < -0.39 is 0 Å². The van der Waals surface area contributed by atoms with Crippen LogP contribution in [0.1, 0.15) is 26.3 Å². The molecule has 0 saturated carbocycles. The summed E-state index contributed by atoms with van der Waals surface area (Å²) in [5, 5.41) is 2.77. The SMILES string of the molecule is Nc1ccc(C(=O)c2ccc(N)cc2)cc1.Nc1ccc(NC(=O)c2ccc(N)cc2)cc1. The fraction of sp³-hybridized carbons (Fsp3) is 0. The molecule has 0 fully saturated rings. The predicted molar refractivity (Wildman–Crippen MR) is 135 cm³/mol. The number of anilines is 5. The molecule has 4 aromatic carbocycles. The van der Waals surface area contributed by atoms with Crippen molar-refractivity contribution >= 4 is 40.1 Å². The maximum absolute atomic E-state index is 12.0. The van der Waals surface area contributed by atoms with Gasteiger partial charge >= 0.3 is 0 Å². The van der Waals surface area contributed by atoms with Crippen LogP contribution in [0, 0.1) is 0 Å². The number of rotatable bonds is 4. The highest BCUT2D eigenvalue weighted by molar-refractivity contribution is 6.09. The van der Waals surface area contributed by atoms with Gasteiger partial charge in [0.05, 0.1) is 0 Å². The van der Waals surface area contributed by atoms with E-state index in [1.807, 2.05) is 0 Å². The minimum Gasteiger partial charge on any atom is -0.399 e. The van der Waals surface area contributed by atoms with Crippen LogP contribution < -0.4 is 28.3 Å². The fourth-order valence-electron chi connectivity index (χ4n) is 2.84. The molecule has 0 radical (unpaired) electrons. The molecule has 1 amide bonds. The number of hydrogen-bond acceptors (Lipinski definition) is 6. The Hall–Kier alpha value is -4.78. The molecule has 0 aliphatic carbocycles. The topological polar surface area (TPSA) is 150 Å². The van der Waals surface area contributed by atoms with Gasteiger partial charge in [-0.05, 0) is 97.1 Å². The zero-order valence-electron chi connectivity index (χ0n) is 17.9. The highest BCUT2D eigenvalue weighted by atomic mass is 16.1. The maximum Gasteiger partial charge on any atom is 0.255 e. The highest BCUT2D eigenvalue weighted by Crippen LogP contribution is 2.14. The molecule has 7 heteroatoms. The zero-order chi connectivity index (χ0) is 23.8. The second kappa shape index (κ2) is 10.5. The highest BCUT2D eigenvalue weighted by Gasteiger charge is 2.08. The Labute approximate surface area is 192 Å². The molecule has 0 aliphatic heterocycles. The number of hydrogen-bond donors (Lipinski definition) is 5. The lowest BCUT2D eigenvalue weighted by molar-refractivity contribution is 0.102. The Morgan fingerprint density at radius 2 is 0.758 bits per heavy atom. The summed E-state index contributed by atoms with van der Waals surface area (Å²) >= 11 is 0. The number of nitrogens with two attached hydrogens (primary N) is 4. The Balaban J connectivity index is 0.000000186. The Bertz CT molecular complexity index is 1170. The average Bonchev–Trinajstić information content (AvgIpc) is 2.82. The van der Waals surface area contributed by atoms with Crippen molar-refractivity contribution in [2.45, 2.75) is 0 Å². The van der Waals surface area contributed by atoms with Crippen LogP contribution in [-0.4, -0.2) is 11.7 Å². The standard InChI is InChI=1S/C13H13N3O.C13H12N2O/c14-10-3-1-9(2-4-10)13(17)16-12-7-5-11(15)6-8-12;14-11-5-1-9(2-6-11)13(16)10-3-7-12(15)8-4-10/h1-8H,14-15H2,(H,16,17);1-8H,14-15H2. The van der Waals surface area contributed by atoms with Gasteiger partial charge in [0.15, 0.2) is 5.78 Å². The second-order valence-electron chi connectivity index (χ2n) is 7.27. The van der Waals surface area contributed by atoms with Crippen LogP contribution in [-0.2, 0) is 0 Å². The van der Waals surface area contributed by atoms with E-state index >= 15 is 0 Å². The van der Waals surface area contributed by atoms with Crippen LogP contribution in [0.4, 0.5) is 28.4 Å². The molecule has 0 bridgehead atoms. The smallest absolute Gasteiger partial charge is 0.255 e. The zero-order valence-corrected chi connectivity index (χ0v) is 17.9. The number of ketones is 1. The third-order valence-corrected chi connectivity index (χ3v) is 4.69. The average molecular weight is 440 g/mol. The van der Waals surface area contributed by atoms with Gasteiger partial charge in [-0.25, -0.2) is 0 Å². The Morgan fingerprint density at radius 3 is 1.12 bits per heavy atom. The molecule has 4 aromatic rings. The monoisotopic (exact) mass is 439 g/mol. The summed E-state index contributed by atoms with van der Waals surface area (Å²) in [6.45, 7) is 0. The van der Waals surface area contributed by atoms with E-state index in [1.165, 1.54) is 0 Å². The van der Waals surface area contributed by atoms with Crippen molar-refractivity contribution in [2.75, 3.05) is 28.3 Å². The molecular formula is C26H25N5O2. The number of carbonyl (C=O) groups is 2. The lowest BCUT2D eigenvalue weighted by Gasteiger charge is -2.05. The summed E-state index contributed by atoms with van der Waals surface area (Å²) in [4.78, 5) is 23.8. The van der Waals surface area contributed by atoms with Gasteiger partial charge in [-0.15, -0.1) is 0 Å². The molecule has 166 valence electrons. The molecule has 33 heavy (non-hydrogen) atoms. The van der Waals surface area contributed by atoms with Crippen molar-refractivity contribution in [3.8, 4) is 0 Å². The minimum atomic E-state index is -0.172. The number of nitrogen functional groups attached to an aromatic ring is 4. The Morgan fingerprint density at radius 1 is 0.455 bits per heavy atom. The van der Waals surface area contributed by atoms with E-state index in [0.717, 1.165) is 0 Å². The van der Waals surface area contributed by atoms with E-state index in [1.54, 1.807) is 97.1 Å². The molecule has 0 saturated heterocycles. The van der Waals surface area contributed by atoms with E-state index in [2.05, 4.69) is 5.32 Å². The molecule has 0 heterocycles. The normalized spacial score (nSPS) is 9.94. The molecular weight excluding hydrogens is 414 g/mol. The Kier molecular flexibility index (Phi) is 7.28. The van der Waals surface area contributed by atoms with E-state index in [9.17, 15) is 9.59 Å². The van der Waals surface area contributed by atoms with Crippen molar-refractivity contribution in [1.82, 2.24) is 0 Å². The molecule has 0 atom stereocenters. The van der Waals surface area contributed by atoms with Crippen LogP contribution in [0.2, 0.25) is 0 Å². The first-order valence-corrected chi connectivity index (χ1v) is 10.1. The summed E-state index contributed by atoms with van der Waals surface area (Å²) < 4.78 is 0. The number of carbonyl (C=O) groups excluding carboxylic acids is 2. The third-order valence-electron chi connectivity index (χ3n) is 4.69. The van der Waals surface area contributed by atoms with Gasteiger partial charge in [-0.2, -0.15) is 0 Å². The molecule has 4 rings (SSSR count). The van der Waals surface area contributed by atoms with Crippen molar-refractivity contribution in [1.29, 1.82) is 0 Å². The van der Waals surface area contributed by atoms with Crippen LogP contribution in [0.15, 0.2) is 97.1 Å². The summed E-state index contributed by atoms with van der Waals surface area (Å²) in [5.41, 5.74) is 27.3. The molecule has 0 spiro atoms. The minimum absolute atomic E-state index is 0.0278. The summed E-state index contributed by atoms with van der Waals surface area (Å²) in [5.74, 6) is -0.199. The largest absolute Gasteiger partial charge is 0.399 e. The van der Waals surface area contributed by atoms with E-state index in [0.29, 0.717) is 45.1 Å². The van der Waals surface area contributed by atoms with Crippen molar-refractivity contribution in [3.05, 3.63) is 114 Å². The van der Waals surface area contributed by atoms with Gasteiger partial charge < -0.3 is 28.3 Å². The molecule has 0 unspecified atom stereocenters. The van der Waals surface area contributed by atoms with E-state index in [4.69, 9.17) is 22.9 Å². The third kappa shape index (κ3) is 6.60. The number of amides is 1. The first-order valence-electron chi connectivity index (χ1n) is 10.1. The summed E-state index contributed by atoms with van der Waals surface area (Å²) in [6.07, 6.45) is 0. The van der Waals surface area contributed by atoms with Gasteiger partial charge in [0.1, 0.15) is 0 Å². The number of benzene rings is 4. The van der Waals surface area contributed by atoms with Crippen molar-refractivity contribution < 1.29 is 9.59 Å². The maximum atomic E-state index is 12.0. The second-order valence-corrected chi connectivity index (χ2v) is 7.27. The van der Waals surface area contributed by atoms with Crippen LogP contribution >= 0.6 is 0 Å². The van der Waals surface area contributed by atoms with Gasteiger partial charge in [-0.3, -0.25) is 9.59 Å². The van der Waals surface area contributed by atoms with Crippen molar-refractivity contribution in [3.63, 3.8) is 0 Å². The predicted octanol–water partition coefficient (Wildman–Crippen LogP) is 4.19. The summed E-state index contributed by atoms with van der Waals surface area (Å²) in [7, 11) is 0. The number of nitrogens with one attached hydrogen (secondary N) is 1. The lowest BCUT2D eigenvalue weighted by atomic mass is 10.0. The van der Waals surface area contributed by atoms with Gasteiger partial charge in [0.2, 0.25) is 0 Å². The van der Waals surface area contributed by atoms with Crippen molar-refractivity contribution in [2.24, 2.45) is 0 Å². The molecule has 9 N–H and O–H groups in total. The lowest BCUT2D eigenvalue weighted by Crippen LogP contribution is -2.11. The van der Waals surface area contributed by atoms with Gasteiger partial charge in [-0.1, -0.05) is 0 Å². The van der Waals surface area contributed by atoms with E-state index in [-0.39, 0.29) is 11.7 Å². The first kappa shape index (κ1) is 22.9. The van der Waals surface area contributed by atoms with Crippen LogP contribution in [0.5, 0.6) is 0 Å². The van der Waals surface area contributed by atoms with Crippen LogP contribution in [0.25, 0.3) is 0 Å². The van der Waals surface area contributed by atoms with Gasteiger partial charge in [0.25, 0.3) is 5.91 Å². The summed E-state index contributed by atoms with van der Waals surface area (Å²) in [6, 6.07) is 27.4. The van der Waals surface area contributed by atoms with Crippen LogP contribution in [0.3, 0.4) is 0 Å². The van der Waals surface area contributed by atoms with Gasteiger partial charge in [0, 0.05) is 45.1 Å². The first-order chi connectivity index (χ1) is 15.8. The molecule has 0 aromatic heterocycles. The quantitative estimate of drug-likeness (QED) is 0.238.